The summed E-state index contributed by atoms with van der Waals surface area (Å²) in [7, 11) is 0. The van der Waals surface area contributed by atoms with Crippen LogP contribution in [0.1, 0.15) is 29.2 Å². The zero-order valence-electron chi connectivity index (χ0n) is 9.59. The fourth-order valence-corrected chi connectivity index (χ4v) is 3.52. The summed E-state index contributed by atoms with van der Waals surface area (Å²) in [5.74, 6) is 0.956. The van der Waals surface area contributed by atoms with E-state index in [1.54, 1.807) is 17.6 Å². The van der Waals surface area contributed by atoms with E-state index in [9.17, 15) is 0 Å². The van der Waals surface area contributed by atoms with E-state index in [0.29, 0.717) is 0 Å². The van der Waals surface area contributed by atoms with E-state index in [1.807, 2.05) is 19.1 Å². The van der Waals surface area contributed by atoms with Gasteiger partial charge in [0, 0.05) is 9.35 Å². The fourth-order valence-electron chi connectivity index (χ4n) is 1.71. The van der Waals surface area contributed by atoms with E-state index in [4.69, 9.17) is 16.0 Å². The largest absolute Gasteiger partial charge is 0.467 e. The van der Waals surface area contributed by atoms with Crippen molar-refractivity contribution in [2.45, 2.75) is 19.9 Å². The van der Waals surface area contributed by atoms with Crippen molar-refractivity contribution in [3.8, 4) is 0 Å². The Morgan fingerprint density at radius 2 is 2.35 bits per heavy atom. The minimum absolute atomic E-state index is 0.0730. The molecule has 0 saturated heterocycles. The molecule has 1 atom stereocenters. The first-order chi connectivity index (χ1) is 8.13. The van der Waals surface area contributed by atoms with Crippen LogP contribution in [0.3, 0.4) is 0 Å². The zero-order valence-corrected chi connectivity index (χ0v) is 12.7. The van der Waals surface area contributed by atoms with Crippen molar-refractivity contribution in [1.82, 2.24) is 5.32 Å². The van der Waals surface area contributed by atoms with E-state index >= 15 is 0 Å². The number of hydrogen-bond acceptors (Lipinski definition) is 3. The minimum atomic E-state index is 0.0730. The van der Waals surface area contributed by atoms with Crippen LogP contribution in [0, 0.1) is 6.92 Å². The molecule has 92 valence electrons. The highest BCUT2D eigenvalue weighted by molar-refractivity contribution is 9.10. The van der Waals surface area contributed by atoms with Gasteiger partial charge in [-0.2, -0.15) is 0 Å². The Balaban J connectivity index is 2.39. The molecule has 0 spiro atoms. The van der Waals surface area contributed by atoms with Crippen LogP contribution in [0.4, 0.5) is 0 Å². The predicted molar refractivity (Wildman–Crippen MR) is 76.0 cm³/mol. The van der Waals surface area contributed by atoms with Gasteiger partial charge in [-0.05, 0) is 47.1 Å². The lowest BCUT2D eigenvalue weighted by Crippen LogP contribution is -2.21. The van der Waals surface area contributed by atoms with Crippen molar-refractivity contribution in [1.29, 1.82) is 0 Å². The fraction of sp³-hybridized carbons (Fsp3) is 0.333. The number of aryl methyl sites for hydroxylation is 1. The van der Waals surface area contributed by atoms with E-state index in [-0.39, 0.29) is 6.04 Å². The molecule has 5 heteroatoms. The number of hydrogen-bond donors (Lipinski definition) is 1. The Labute approximate surface area is 118 Å². The molecular formula is C12H13BrClNOS. The van der Waals surface area contributed by atoms with Crippen LogP contribution in [-0.2, 0) is 0 Å². The van der Waals surface area contributed by atoms with Crippen molar-refractivity contribution in [2.24, 2.45) is 0 Å². The first kappa shape index (κ1) is 13.1. The molecule has 0 aliphatic rings. The summed E-state index contributed by atoms with van der Waals surface area (Å²) in [5, 5.41) is 3.42. The molecule has 0 aromatic carbocycles. The maximum atomic E-state index is 6.09. The highest BCUT2D eigenvalue weighted by Gasteiger charge is 2.21. The Bertz CT molecular complexity index is 489. The molecule has 0 radical (unpaired) electrons. The maximum Gasteiger partial charge on any atom is 0.128 e. The van der Waals surface area contributed by atoms with Gasteiger partial charge in [0.25, 0.3) is 0 Å². The van der Waals surface area contributed by atoms with Gasteiger partial charge in [0.15, 0.2) is 0 Å². The summed E-state index contributed by atoms with van der Waals surface area (Å²) in [5.41, 5.74) is 1.15. The third-order valence-electron chi connectivity index (χ3n) is 2.52. The average molecular weight is 335 g/mol. The molecular weight excluding hydrogens is 322 g/mol. The molecule has 2 rings (SSSR count). The quantitative estimate of drug-likeness (QED) is 0.871. The number of thiophene rings is 1. The van der Waals surface area contributed by atoms with Gasteiger partial charge in [-0.3, -0.25) is 0 Å². The summed E-state index contributed by atoms with van der Waals surface area (Å²) in [4.78, 5) is 1.15. The summed E-state index contributed by atoms with van der Waals surface area (Å²) in [6.07, 6.45) is 1.72. The molecule has 1 N–H and O–H groups in total. The lowest BCUT2D eigenvalue weighted by Gasteiger charge is -2.14. The lowest BCUT2D eigenvalue weighted by atomic mass is 10.1. The second-order valence-corrected chi connectivity index (χ2v) is 6.27. The van der Waals surface area contributed by atoms with Gasteiger partial charge in [0.2, 0.25) is 0 Å². The highest BCUT2D eigenvalue weighted by Crippen LogP contribution is 2.38. The number of rotatable bonds is 4. The van der Waals surface area contributed by atoms with Gasteiger partial charge in [0.1, 0.15) is 16.1 Å². The molecule has 17 heavy (non-hydrogen) atoms. The smallest absolute Gasteiger partial charge is 0.128 e. The summed E-state index contributed by atoms with van der Waals surface area (Å²) in [6.45, 7) is 5.00. The molecule has 2 heterocycles. The molecule has 0 amide bonds. The third-order valence-corrected chi connectivity index (χ3v) is 5.06. The van der Waals surface area contributed by atoms with Crippen LogP contribution in [0.15, 0.2) is 27.3 Å². The summed E-state index contributed by atoms with van der Waals surface area (Å²) < 4.78 is 7.28. The monoisotopic (exact) mass is 333 g/mol. The Kier molecular flexibility index (Phi) is 4.31. The molecule has 0 aliphatic heterocycles. The second-order valence-electron chi connectivity index (χ2n) is 3.73. The summed E-state index contributed by atoms with van der Waals surface area (Å²) in [6, 6.07) is 4.09. The van der Waals surface area contributed by atoms with Crippen molar-refractivity contribution >= 4 is 38.9 Å². The lowest BCUT2D eigenvalue weighted by molar-refractivity contribution is 0.452. The van der Waals surface area contributed by atoms with Crippen LogP contribution in [0.25, 0.3) is 0 Å². The first-order valence-corrected chi connectivity index (χ1v) is 7.34. The van der Waals surface area contributed by atoms with Gasteiger partial charge in [0.05, 0.1) is 6.26 Å². The van der Waals surface area contributed by atoms with Gasteiger partial charge >= 0.3 is 0 Å². The van der Waals surface area contributed by atoms with Crippen LogP contribution in [0.5, 0.6) is 0 Å². The van der Waals surface area contributed by atoms with Crippen molar-refractivity contribution in [3.05, 3.63) is 43.4 Å². The van der Waals surface area contributed by atoms with E-state index in [2.05, 4.69) is 28.2 Å². The Morgan fingerprint density at radius 1 is 1.59 bits per heavy atom. The molecule has 1 unspecified atom stereocenters. The Hall–Kier alpha value is -0.290. The number of nitrogens with one attached hydrogen (secondary N) is 1. The standard InChI is InChI=1S/C12H13BrClNOS/c1-3-15-10(11-7(2)4-5-16-11)9-6-8(13)12(14)17-9/h4-6,10,15H,3H2,1-2H3. The topological polar surface area (TPSA) is 25.2 Å². The minimum Gasteiger partial charge on any atom is -0.467 e. The maximum absolute atomic E-state index is 6.09. The van der Waals surface area contributed by atoms with Gasteiger partial charge in [-0.25, -0.2) is 0 Å². The van der Waals surface area contributed by atoms with E-state index in [1.165, 1.54) is 0 Å². The summed E-state index contributed by atoms with van der Waals surface area (Å²) >= 11 is 11.1. The molecule has 0 aliphatic carbocycles. The van der Waals surface area contributed by atoms with Crippen LogP contribution in [-0.4, -0.2) is 6.54 Å². The Morgan fingerprint density at radius 3 is 2.82 bits per heavy atom. The number of furan rings is 1. The molecule has 2 aromatic rings. The van der Waals surface area contributed by atoms with Crippen LogP contribution in [0.2, 0.25) is 4.34 Å². The van der Waals surface area contributed by atoms with Crippen LogP contribution >= 0.6 is 38.9 Å². The molecule has 2 nitrogen and oxygen atoms in total. The van der Waals surface area contributed by atoms with E-state index in [0.717, 1.165) is 31.6 Å². The van der Waals surface area contributed by atoms with Crippen molar-refractivity contribution in [2.75, 3.05) is 6.54 Å². The van der Waals surface area contributed by atoms with Gasteiger partial charge in [-0.15, -0.1) is 11.3 Å². The van der Waals surface area contributed by atoms with Crippen molar-refractivity contribution < 1.29 is 4.42 Å². The van der Waals surface area contributed by atoms with Gasteiger partial charge < -0.3 is 9.73 Å². The molecule has 2 aromatic heterocycles. The normalized spacial score (nSPS) is 12.9. The van der Waals surface area contributed by atoms with E-state index < -0.39 is 0 Å². The van der Waals surface area contributed by atoms with Gasteiger partial charge in [-0.1, -0.05) is 18.5 Å². The number of halogens is 2. The zero-order chi connectivity index (χ0) is 12.4. The predicted octanol–water partition coefficient (Wildman–Crippen LogP) is 4.76. The average Bonchev–Trinajstić information content (AvgIpc) is 2.83. The molecule has 0 bridgehead atoms. The molecule has 0 saturated carbocycles. The highest BCUT2D eigenvalue weighted by atomic mass is 79.9. The van der Waals surface area contributed by atoms with Crippen molar-refractivity contribution in [3.63, 3.8) is 0 Å². The van der Waals surface area contributed by atoms with Crippen LogP contribution < -0.4 is 5.32 Å². The molecule has 0 fully saturated rings. The first-order valence-electron chi connectivity index (χ1n) is 5.35. The third kappa shape index (κ3) is 2.76. The SMILES string of the molecule is CCNC(c1cc(Br)c(Cl)s1)c1occc1C. The second kappa shape index (κ2) is 5.57.